The first-order valence-corrected chi connectivity index (χ1v) is 7.02. The first-order chi connectivity index (χ1) is 8.65. The van der Waals surface area contributed by atoms with Crippen molar-refractivity contribution < 1.29 is 5.11 Å². The van der Waals surface area contributed by atoms with Crippen molar-refractivity contribution >= 4 is 11.8 Å². The summed E-state index contributed by atoms with van der Waals surface area (Å²) in [5.41, 5.74) is 2.23. The zero-order valence-electron chi connectivity index (χ0n) is 10.7. The van der Waals surface area contributed by atoms with Gasteiger partial charge in [-0.1, -0.05) is 12.1 Å². The molecule has 1 heterocycles. The van der Waals surface area contributed by atoms with Crippen LogP contribution in [0.5, 0.6) is 0 Å². The number of aromatic nitrogens is 2. The van der Waals surface area contributed by atoms with E-state index in [-0.39, 0.29) is 6.10 Å². The van der Waals surface area contributed by atoms with E-state index in [2.05, 4.69) is 23.4 Å². The molecular weight excluding hydrogens is 244 g/mol. The smallest absolute Gasteiger partial charge is 0.0761 e. The van der Waals surface area contributed by atoms with Crippen molar-refractivity contribution in [2.75, 3.05) is 5.75 Å². The fourth-order valence-electron chi connectivity index (χ4n) is 1.73. The monoisotopic (exact) mass is 262 g/mol. The Morgan fingerprint density at radius 2 is 2.06 bits per heavy atom. The minimum atomic E-state index is -0.389. The molecule has 3 nitrogen and oxygen atoms in total. The maximum Gasteiger partial charge on any atom is 0.0761 e. The number of rotatable bonds is 5. The minimum Gasteiger partial charge on any atom is -0.389 e. The zero-order valence-corrected chi connectivity index (χ0v) is 11.5. The van der Waals surface area contributed by atoms with Crippen LogP contribution >= 0.6 is 11.8 Å². The molecule has 1 aromatic carbocycles. The molecule has 1 unspecified atom stereocenters. The van der Waals surface area contributed by atoms with E-state index in [0.717, 1.165) is 17.7 Å². The summed E-state index contributed by atoms with van der Waals surface area (Å²) in [7, 11) is 1.94. The van der Waals surface area contributed by atoms with Crippen LogP contribution in [0.25, 0.3) is 0 Å². The Labute approximate surface area is 112 Å². The molecule has 0 saturated heterocycles. The van der Waals surface area contributed by atoms with Gasteiger partial charge in [-0.2, -0.15) is 5.10 Å². The zero-order chi connectivity index (χ0) is 13.0. The van der Waals surface area contributed by atoms with Crippen molar-refractivity contribution in [2.45, 2.75) is 24.3 Å². The number of nitrogens with zero attached hydrogens (tertiary/aromatic N) is 2. The van der Waals surface area contributed by atoms with Crippen LogP contribution in [0, 0.1) is 0 Å². The normalized spacial score (nSPS) is 12.6. The van der Waals surface area contributed by atoms with Crippen LogP contribution in [0.4, 0.5) is 0 Å². The van der Waals surface area contributed by atoms with Crippen LogP contribution in [-0.2, 0) is 13.5 Å². The van der Waals surface area contributed by atoms with Crippen LogP contribution in [0.3, 0.4) is 0 Å². The van der Waals surface area contributed by atoms with E-state index in [1.807, 2.05) is 41.8 Å². The van der Waals surface area contributed by atoms with Crippen LogP contribution < -0.4 is 0 Å². The summed E-state index contributed by atoms with van der Waals surface area (Å²) in [6.45, 7) is 1.78. The van der Waals surface area contributed by atoms with Gasteiger partial charge in [-0.3, -0.25) is 4.68 Å². The van der Waals surface area contributed by atoms with Crippen molar-refractivity contribution in [1.29, 1.82) is 0 Å². The number of hydrogen-bond donors (Lipinski definition) is 1. The third-order valence-corrected chi connectivity index (χ3v) is 3.79. The quantitative estimate of drug-likeness (QED) is 0.842. The standard InChI is InChI=1S/C14H18N2OS/c1-11(17)13-3-5-14(6-4-13)18-8-7-12-9-15-16(2)10-12/h3-6,9-11,17H,7-8H2,1-2H3. The second kappa shape index (κ2) is 6.07. The van der Waals surface area contributed by atoms with Crippen molar-refractivity contribution in [3.63, 3.8) is 0 Å². The maximum absolute atomic E-state index is 9.43. The Morgan fingerprint density at radius 1 is 1.33 bits per heavy atom. The third kappa shape index (κ3) is 3.62. The summed E-state index contributed by atoms with van der Waals surface area (Å²) in [5, 5.41) is 13.6. The molecule has 2 rings (SSSR count). The van der Waals surface area contributed by atoms with Gasteiger partial charge in [0.25, 0.3) is 0 Å². The molecule has 0 saturated carbocycles. The van der Waals surface area contributed by atoms with E-state index in [9.17, 15) is 5.11 Å². The Hall–Kier alpha value is -1.26. The Bertz CT molecular complexity index is 491. The van der Waals surface area contributed by atoms with Crippen molar-refractivity contribution in [1.82, 2.24) is 9.78 Å². The summed E-state index contributed by atoms with van der Waals surface area (Å²) in [4.78, 5) is 1.24. The molecule has 96 valence electrons. The lowest BCUT2D eigenvalue weighted by Crippen LogP contribution is -1.90. The SMILES string of the molecule is CC(O)c1ccc(SCCc2cnn(C)c2)cc1. The highest BCUT2D eigenvalue weighted by atomic mass is 32.2. The van der Waals surface area contributed by atoms with Gasteiger partial charge in [0.05, 0.1) is 12.3 Å². The highest BCUT2D eigenvalue weighted by Crippen LogP contribution is 2.21. The number of benzene rings is 1. The van der Waals surface area contributed by atoms with Crippen LogP contribution in [0.1, 0.15) is 24.2 Å². The molecule has 18 heavy (non-hydrogen) atoms. The van der Waals surface area contributed by atoms with E-state index in [4.69, 9.17) is 0 Å². The van der Waals surface area contributed by atoms with Gasteiger partial charge in [0, 0.05) is 23.9 Å². The summed E-state index contributed by atoms with van der Waals surface area (Å²) >= 11 is 1.83. The second-order valence-corrected chi connectivity index (χ2v) is 5.53. The van der Waals surface area contributed by atoms with Crippen LogP contribution in [0.2, 0.25) is 0 Å². The molecule has 2 aromatic rings. The average Bonchev–Trinajstić information content (AvgIpc) is 2.76. The van der Waals surface area contributed by atoms with Gasteiger partial charge in [-0.05, 0) is 36.6 Å². The predicted molar refractivity (Wildman–Crippen MR) is 74.7 cm³/mol. The van der Waals surface area contributed by atoms with Gasteiger partial charge in [0.2, 0.25) is 0 Å². The van der Waals surface area contributed by atoms with Gasteiger partial charge in [-0.25, -0.2) is 0 Å². The Morgan fingerprint density at radius 3 is 2.61 bits per heavy atom. The predicted octanol–water partition coefficient (Wildman–Crippen LogP) is 2.81. The molecule has 0 aliphatic rings. The van der Waals surface area contributed by atoms with Gasteiger partial charge < -0.3 is 5.11 Å². The lowest BCUT2D eigenvalue weighted by Gasteiger charge is -2.05. The van der Waals surface area contributed by atoms with Crippen LogP contribution in [0.15, 0.2) is 41.6 Å². The number of hydrogen-bond acceptors (Lipinski definition) is 3. The van der Waals surface area contributed by atoms with Gasteiger partial charge in [0.15, 0.2) is 0 Å². The van der Waals surface area contributed by atoms with Crippen molar-refractivity contribution in [3.05, 3.63) is 47.8 Å². The largest absolute Gasteiger partial charge is 0.389 e. The van der Waals surface area contributed by atoms with Crippen molar-refractivity contribution in [2.24, 2.45) is 7.05 Å². The minimum absolute atomic E-state index is 0.389. The molecule has 0 radical (unpaired) electrons. The van der Waals surface area contributed by atoms with Gasteiger partial charge in [0.1, 0.15) is 0 Å². The Kier molecular flexibility index (Phi) is 4.44. The molecule has 0 fully saturated rings. The van der Waals surface area contributed by atoms with Crippen molar-refractivity contribution in [3.8, 4) is 0 Å². The van der Waals surface area contributed by atoms with Gasteiger partial charge >= 0.3 is 0 Å². The van der Waals surface area contributed by atoms with E-state index in [1.165, 1.54) is 10.5 Å². The van der Waals surface area contributed by atoms with E-state index >= 15 is 0 Å². The molecule has 0 spiro atoms. The summed E-state index contributed by atoms with van der Waals surface area (Å²) in [6.07, 6.45) is 4.60. The molecule has 0 aliphatic carbocycles. The number of thioether (sulfide) groups is 1. The molecule has 1 aromatic heterocycles. The number of aryl methyl sites for hydroxylation is 2. The molecule has 1 atom stereocenters. The summed E-state index contributed by atoms with van der Waals surface area (Å²) < 4.78 is 1.83. The van der Waals surface area contributed by atoms with E-state index in [0.29, 0.717) is 0 Å². The molecule has 4 heteroatoms. The highest BCUT2D eigenvalue weighted by Gasteiger charge is 2.01. The molecule has 0 amide bonds. The second-order valence-electron chi connectivity index (χ2n) is 4.37. The first kappa shape index (κ1) is 13.2. The average molecular weight is 262 g/mol. The molecule has 1 N–H and O–H groups in total. The van der Waals surface area contributed by atoms with Gasteiger partial charge in [-0.15, -0.1) is 11.8 Å². The molecular formula is C14H18N2OS. The lowest BCUT2D eigenvalue weighted by atomic mass is 10.1. The highest BCUT2D eigenvalue weighted by molar-refractivity contribution is 7.99. The number of aliphatic hydroxyl groups excluding tert-OH is 1. The molecule has 0 aliphatic heterocycles. The maximum atomic E-state index is 9.43. The van der Waals surface area contributed by atoms with Crippen LogP contribution in [-0.4, -0.2) is 20.6 Å². The lowest BCUT2D eigenvalue weighted by molar-refractivity contribution is 0.199. The Balaban J connectivity index is 1.83. The van der Waals surface area contributed by atoms with E-state index in [1.54, 1.807) is 6.92 Å². The van der Waals surface area contributed by atoms with E-state index < -0.39 is 0 Å². The third-order valence-electron chi connectivity index (χ3n) is 2.78. The fraction of sp³-hybridized carbons (Fsp3) is 0.357. The summed E-state index contributed by atoms with van der Waals surface area (Å²) in [5.74, 6) is 1.04. The fourth-order valence-corrected chi connectivity index (χ4v) is 2.63. The molecule has 0 bridgehead atoms. The topological polar surface area (TPSA) is 38.1 Å². The number of aliphatic hydroxyl groups is 1. The summed E-state index contributed by atoms with van der Waals surface area (Å²) in [6, 6.07) is 8.10. The first-order valence-electron chi connectivity index (χ1n) is 6.03.